The lowest BCUT2D eigenvalue weighted by molar-refractivity contribution is -0.113. The Labute approximate surface area is 171 Å². The molecule has 0 atom stereocenters. The van der Waals surface area contributed by atoms with Crippen LogP contribution in [0.4, 0.5) is 5.13 Å². The van der Waals surface area contributed by atoms with Gasteiger partial charge in [0.2, 0.25) is 11.0 Å². The van der Waals surface area contributed by atoms with Gasteiger partial charge >= 0.3 is 0 Å². The molecule has 2 N–H and O–H groups in total. The maximum Gasteiger partial charge on any atom is 0.236 e. The lowest BCUT2D eigenvalue weighted by Gasteiger charge is -2.09. The van der Waals surface area contributed by atoms with Crippen molar-refractivity contribution in [3.8, 4) is 17.1 Å². The fourth-order valence-corrected chi connectivity index (χ4v) is 3.93. The van der Waals surface area contributed by atoms with E-state index < -0.39 is 0 Å². The zero-order valence-corrected chi connectivity index (χ0v) is 17.4. The Balaban J connectivity index is 1.77. The summed E-state index contributed by atoms with van der Waals surface area (Å²) in [5.74, 6) is 0.516. The van der Waals surface area contributed by atoms with Gasteiger partial charge in [0.15, 0.2) is 11.0 Å². The number of amides is 1. The van der Waals surface area contributed by atoms with Crippen molar-refractivity contribution in [3.63, 3.8) is 0 Å². The highest BCUT2D eigenvalue weighted by atomic mass is 79.9. The fourth-order valence-electron chi connectivity index (χ4n) is 2.21. The second-order valence-electron chi connectivity index (χ2n) is 5.33. The third-order valence-corrected chi connectivity index (χ3v) is 5.55. The average Bonchev–Trinajstić information content (AvgIpc) is 3.22. The number of thioether (sulfide) groups is 1. The lowest BCUT2D eigenvalue weighted by Crippen LogP contribution is -2.14. The van der Waals surface area contributed by atoms with Crippen molar-refractivity contribution < 1.29 is 9.90 Å². The van der Waals surface area contributed by atoms with E-state index in [9.17, 15) is 9.90 Å². The molecule has 0 spiro atoms. The van der Waals surface area contributed by atoms with Gasteiger partial charge in [0.05, 0.1) is 11.3 Å². The monoisotopic (exact) mass is 466 g/mol. The Morgan fingerprint density at radius 3 is 2.93 bits per heavy atom. The number of allylic oxidation sites excluding steroid dienone is 1. The molecule has 0 saturated carbocycles. The van der Waals surface area contributed by atoms with Gasteiger partial charge in [-0.1, -0.05) is 45.1 Å². The third-order valence-electron chi connectivity index (χ3n) is 3.33. The Kier molecular flexibility index (Phi) is 6.24. The summed E-state index contributed by atoms with van der Waals surface area (Å²) in [6.07, 6.45) is 1.70. The minimum Gasteiger partial charge on any atom is -0.507 e. The number of phenols is 1. The number of aryl methyl sites for hydroxylation is 1. The van der Waals surface area contributed by atoms with Gasteiger partial charge in [-0.2, -0.15) is 0 Å². The summed E-state index contributed by atoms with van der Waals surface area (Å²) in [6, 6.07) is 5.08. The van der Waals surface area contributed by atoms with Crippen molar-refractivity contribution in [3.05, 3.63) is 40.3 Å². The highest BCUT2D eigenvalue weighted by molar-refractivity contribution is 9.10. The summed E-state index contributed by atoms with van der Waals surface area (Å²) in [5.41, 5.74) is 0.541. The largest absolute Gasteiger partial charge is 0.507 e. The predicted molar refractivity (Wildman–Crippen MR) is 109 cm³/mol. The van der Waals surface area contributed by atoms with Crippen LogP contribution in [0, 0.1) is 6.92 Å². The van der Waals surface area contributed by atoms with Crippen molar-refractivity contribution >= 4 is 50.1 Å². The van der Waals surface area contributed by atoms with E-state index >= 15 is 0 Å². The molecule has 8 nitrogen and oxygen atoms in total. The van der Waals surface area contributed by atoms with Crippen molar-refractivity contribution in [1.82, 2.24) is 25.0 Å². The van der Waals surface area contributed by atoms with Gasteiger partial charge in [-0.25, -0.2) is 0 Å². The molecule has 3 rings (SSSR count). The summed E-state index contributed by atoms with van der Waals surface area (Å²) in [7, 11) is 0. The van der Waals surface area contributed by atoms with Crippen LogP contribution in [-0.4, -0.2) is 41.7 Å². The minimum atomic E-state index is -0.212. The van der Waals surface area contributed by atoms with Crippen LogP contribution in [0.2, 0.25) is 0 Å². The maximum absolute atomic E-state index is 12.1. The number of hydrogen-bond donors (Lipinski definition) is 2. The number of nitrogens with one attached hydrogen (secondary N) is 1. The molecule has 2 heterocycles. The molecule has 0 radical (unpaired) electrons. The second kappa shape index (κ2) is 8.63. The summed E-state index contributed by atoms with van der Waals surface area (Å²) in [5, 5.41) is 30.7. The summed E-state index contributed by atoms with van der Waals surface area (Å²) >= 11 is 5.94. The van der Waals surface area contributed by atoms with Gasteiger partial charge < -0.3 is 5.11 Å². The molecule has 11 heteroatoms. The summed E-state index contributed by atoms with van der Waals surface area (Å²) in [4.78, 5) is 12.1. The second-order valence-corrected chi connectivity index (χ2v) is 8.37. The molecule has 2 aromatic heterocycles. The van der Waals surface area contributed by atoms with Gasteiger partial charge in [-0.15, -0.1) is 27.0 Å². The van der Waals surface area contributed by atoms with Crippen molar-refractivity contribution in [1.29, 1.82) is 0 Å². The van der Waals surface area contributed by atoms with Crippen LogP contribution in [0.5, 0.6) is 5.75 Å². The molecule has 3 aromatic rings. The van der Waals surface area contributed by atoms with Crippen LogP contribution in [0.1, 0.15) is 5.01 Å². The molecular formula is C16H15BrN6O2S2. The van der Waals surface area contributed by atoms with Crippen LogP contribution in [-0.2, 0) is 11.3 Å². The smallest absolute Gasteiger partial charge is 0.236 e. The van der Waals surface area contributed by atoms with E-state index in [1.54, 1.807) is 28.8 Å². The fraction of sp³-hybridized carbons (Fsp3) is 0.188. The van der Waals surface area contributed by atoms with Crippen LogP contribution < -0.4 is 5.32 Å². The van der Waals surface area contributed by atoms with Crippen LogP contribution in [0.25, 0.3) is 11.4 Å². The molecule has 0 aliphatic heterocycles. The maximum atomic E-state index is 12.1. The van der Waals surface area contributed by atoms with Gasteiger partial charge in [0, 0.05) is 11.0 Å². The highest BCUT2D eigenvalue weighted by Gasteiger charge is 2.18. The normalized spacial score (nSPS) is 10.7. The van der Waals surface area contributed by atoms with Gasteiger partial charge in [-0.3, -0.25) is 14.7 Å². The van der Waals surface area contributed by atoms with Crippen LogP contribution >= 0.6 is 39.0 Å². The number of aromatic hydroxyl groups is 1. The van der Waals surface area contributed by atoms with E-state index in [1.165, 1.54) is 23.1 Å². The number of carbonyl (C=O) groups is 1. The van der Waals surface area contributed by atoms with Gasteiger partial charge in [0.25, 0.3) is 0 Å². The Hall–Kier alpha value is -2.24. The first-order valence-corrected chi connectivity index (χ1v) is 10.3. The molecule has 0 aliphatic carbocycles. The van der Waals surface area contributed by atoms with E-state index in [-0.39, 0.29) is 17.4 Å². The number of nitrogens with zero attached hydrogens (tertiary/aromatic N) is 5. The zero-order chi connectivity index (χ0) is 19.4. The molecule has 1 amide bonds. The molecule has 0 unspecified atom stereocenters. The first kappa shape index (κ1) is 19.5. The number of rotatable bonds is 7. The van der Waals surface area contributed by atoms with E-state index in [1.807, 2.05) is 6.92 Å². The number of carbonyl (C=O) groups excluding carboxylic acids is 1. The quantitative estimate of drug-likeness (QED) is 0.405. The molecule has 0 bridgehead atoms. The lowest BCUT2D eigenvalue weighted by atomic mass is 10.2. The van der Waals surface area contributed by atoms with Gasteiger partial charge in [-0.05, 0) is 25.1 Å². The summed E-state index contributed by atoms with van der Waals surface area (Å²) < 4.78 is 2.60. The number of anilines is 1. The molecule has 0 aliphatic rings. The number of phenolic OH excluding ortho intramolecular Hbond substituents is 1. The standard InChI is InChI=1S/C16H15BrN6O2S2/c1-3-6-23-14(11-7-10(17)4-5-12(11)24)20-22-16(23)26-8-13(25)18-15-21-19-9(2)27-15/h3-5,7,24H,1,6,8H2,2H3,(H,18,21,25). The Morgan fingerprint density at radius 2 is 2.22 bits per heavy atom. The predicted octanol–water partition coefficient (Wildman–Crippen LogP) is 3.49. The Bertz CT molecular complexity index is 987. The molecule has 1 aromatic carbocycles. The Morgan fingerprint density at radius 1 is 1.41 bits per heavy atom. The zero-order valence-electron chi connectivity index (χ0n) is 14.2. The van der Waals surface area contributed by atoms with Crippen molar-refractivity contribution in [2.75, 3.05) is 11.1 Å². The summed E-state index contributed by atoms with van der Waals surface area (Å²) in [6.45, 7) is 6.01. The van der Waals surface area contributed by atoms with E-state index in [0.717, 1.165) is 9.48 Å². The molecule has 140 valence electrons. The number of halogens is 1. The SMILES string of the molecule is C=CCn1c(SCC(=O)Nc2nnc(C)s2)nnc1-c1cc(Br)ccc1O. The highest BCUT2D eigenvalue weighted by Crippen LogP contribution is 2.32. The van der Waals surface area contributed by atoms with Crippen LogP contribution in [0.15, 0.2) is 40.5 Å². The van der Waals surface area contributed by atoms with E-state index in [0.29, 0.717) is 28.2 Å². The van der Waals surface area contributed by atoms with E-state index in [2.05, 4.69) is 48.2 Å². The number of hydrogen-bond acceptors (Lipinski definition) is 8. The molecular weight excluding hydrogens is 452 g/mol. The average molecular weight is 467 g/mol. The third kappa shape index (κ3) is 4.73. The molecule has 0 fully saturated rings. The van der Waals surface area contributed by atoms with Gasteiger partial charge in [0.1, 0.15) is 10.8 Å². The number of benzene rings is 1. The molecule has 27 heavy (non-hydrogen) atoms. The topological polar surface area (TPSA) is 106 Å². The van der Waals surface area contributed by atoms with Crippen molar-refractivity contribution in [2.24, 2.45) is 0 Å². The van der Waals surface area contributed by atoms with Crippen molar-refractivity contribution in [2.45, 2.75) is 18.6 Å². The number of aromatic nitrogens is 5. The minimum absolute atomic E-state index is 0.0943. The van der Waals surface area contributed by atoms with E-state index in [4.69, 9.17) is 0 Å². The molecule has 0 saturated heterocycles. The first-order valence-electron chi connectivity index (χ1n) is 7.73. The van der Waals surface area contributed by atoms with Crippen LogP contribution in [0.3, 0.4) is 0 Å². The first-order chi connectivity index (χ1) is 13.0.